The molecule has 1 spiro atoms. The smallest absolute Gasteiger partial charge is 0.348 e. The van der Waals surface area contributed by atoms with Gasteiger partial charge in [0.15, 0.2) is 6.61 Å². The first-order valence-corrected chi connectivity index (χ1v) is 9.90. The molecule has 2 heterocycles. The number of imide groups is 1. The quantitative estimate of drug-likeness (QED) is 0.589. The Bertz CT molecular complexity index is 782. The van der Waals surface area contributed by atoms with E-state index in [2.05, 4.69) is 10.7 Å². The van der Waals surface area contributed by atoms with E-state index in [1.165, 1.54) is 11.3 Å². The van der Waals surface area contributed by atoms with E-state index < -0.39 is 36.0 Å². The first-order chi connectivity index (χ1) is 12.9. The summed E-state index contributed by atoms with van der Waals surface area (Å²) < 4.78 is 5.01. The maximum atomic E-state index is 12.6. The van der Waals surface area contributed by atoms with Gasteiger partial charge in [0.25, 0.3) is 11.8 Å². The van der Waals surface area contributed by atoms with Crippen LogP contribution in [0.3, 0.4) is 0 Å². The van der Waals surface area contributed by atoms with Gasteiger partial charge in [-0.15, -0.1) is 11.3 Å². The SMILES string of the molecule is CCc1cc(C(=O)OCC(=O)NN2C(=O)NC3(CCCCC3)C2=O)sc1C. The van der Waals surface area contributed by atoms with Crippen LogP contribution in [0.25, 0.3) is 0 Å². The average molecular weight is 393 g/mol. The highest BCUT2D eigenvalue weighted by atomic mass is 32.1. The molecule has 27 heavy (non-hydrogen) atoms. The first kappa shape index (κ1) is 19.3. The highest BCUT2D eigenvalue weighted by Gasteiger charge is 2.52. The number of thiophene rings is 1. The van der Waals surface area contributed by atoms with Crippen molar-refractivity contribution in [3.8, 4) is 0 Å². The molecule has 1 aliphatic heterocycles. The number of hydrogen-bond donors (Lipinski definition) is 2. The summed E-state index contributed by atoms with van der Waals surface area (Å²) in [6.07, 6.45) is 4.67. The molecule has 9 heteroatoms. The third-order valence-corrected chi connectivity index (χ3v) is 6.12. The van der Waals surface area contributed by atoms with Crippen LogP contribution in [0, 0.1) is 6.92 Å². The fourth-order valence-electron chi connectivity index (χ4n) is 3.55. The van der Waals surface area contributed by atoms with Gasteiger partial charge in [0.1, 0.15) is 10.4 Å². The van der Waals surface area contributed by atoms with Crippen molar-refractivity contribution >= 4 is 35.2 Å². The van der Waals surface area contributed by atoms with Crippen LogP contribution in [0.5, 0.6) is 0 Å². The van der Waals surface area contributed by atoms with Gasteiger partial charge in [0, 0.05) is 4.88 Å². The number of amides is 4. The molecule has 2 fully saturated rings. The van der Waals surface area contributed by atoms with Crippen molar-refractivity contribution in [2.75, 3.05) is 6.61 Å². The van der Waals surface area contributed by atoms with Crippen LogP contribution in [0.15, 0.2) is 6.07 Å². The summed E-state index contributed by atoms with van der Waals surface area (Å²) in [7, 11) is 0. The van der Waals surface area contributed by atoms with Crippen molar-refractivity contribution in [2.45, 2.75) is 57.9 Å². The summed E-state index contributed by atoms with van der Waals surface area (Å²) in [5, 5.41) is 3.40. The maximum absolute atomic E-state index is 12.6. The Morgan fingerprint density at radius 3 is 2.63 bits per heavy atom. The second kappa shape index (κ2) is 7.67. The Kier molecular flexibility index (Phi) is 5.50. The Morgan fingerprint density at radius 2 is 2.00 bits per heavy atom. The molecule has 0 unspecified atom stereocenters. The lowest BCUT2D eigenvalue weighted by Gasteiger charge is -2.30. The van der Waals surface area contributed by atoms with E-state index >= 15 is 0 Å². The van der Waals surface area contributed by atoms with E-state index in [-0.39, 0.29) is 0 Å². The summed E-state index contributed by atoms with van der Waals surface area (Å²) >= 11 is 1.31. The summed E-state index contributed by atoms with van der Waals surface area (Å²) in [4.78, 5) is 50.3. The van der Waals surface area contributed by atoms with Crippen molar-refractivity contribution in [1.29, 1.82) is 0 Å². The molecule has 2 N–H and O–H groups in total. The van der Waals surface area contributed by atoms with Crippen LogP contribution in [-0.2, 0) is 20.7 Å². The Labute approximate surface area is 161 Å². The molecule has 1 saturated carbocycles. The van der Waals surface area contributed by atoms with E-state index in [9.17, 15) is 19.2 Å². The number of ether oxygens (including phenoxy) is 1. The molecule has 4 amide bonds. The topological polar surface area (TPSA) is 105 Å². The second-order valence-electron chi connectivity index (χ2n) is 6.87. The molecule has 1 saturated heterocycles. The van der Waals surface area contributed by atoms with Crippen molar-refractivity contribution in [3.05, 3.63) is 21.4 Å². The van der Waals surface area contributed by atoms with E-state index in [1.54, 1.807) is 6.07 Å². The van der Waals surface area contributed by atoms with Crippen LogP contribution < -0.4 is 10.7 Å². The molecule has 0 atom stereocenters. The molecular weight excluding hydrogens is 370 g/mol. The van der Waals surface area contributed by atoms with Gasteiger partial charge in [-0.3, -0.25) is 15.0 Å². The normalized spacial score (nSPS) is 18.5. The summed E-state index contributed by atoms with van der Waals surface area (Å²) in [5.41, 5.74) is 2.39. The number of carbonyl (C=O) groups excluding carboxylic acids is 4. The minimum atomic E-state index is -0.912. The van der Waals surface area contributed by atoms with Crippen LogP contribution in [0.4, 0.5) is 4.79 Å². The van der Waals surface area contributed by atoms with Gasteiger partial charge >= 0.3 is 12.0 Å². The number of nitrogens with zero attached hydrogens (tertiary/aromatic N) is 1. The Morgan fingerprint density at radius 1 is 1.30 bits per heavy atom. The van der Waals surface area contributed by atoms with Crippen LogP contribution in [0.2, 0.25) is 0 Å². The standard InChI is InChI=1S/C18H23N3O5S/c1-3-12-9-13(27-11(12)2)15(23)26-10-14(22)20-21-16(24)18(19-17(21)25)7-5-4-6-8-18/h9H,3-8,10H2,1-2H3,(H,19,25)(H,20,22). The summed E-state index contributed by atoms with van der Waals surface area (Å²) in [5.74, 6) is -1.78. The molecule has 146 valence electrons. The summed E-state index contributed by atoms with van der Waals surface area (Å²) in [6.45, 7) is 3.35. The van der Waals surface area contributed by atoms with Gasteiger partial charge in [-0.2, -0.15) is 5.01 Å². The van der Waals surface area contributed by atoms with E-state index in [0.717, 1.165) is 36.1 Å². The molecule has 1 aromatic rings. The zero-order valence-electron chi connectivity index (χ0n) is 15.4. The zero-order valence-corrected chi connectivity index (χ0v) is 16.2. The minimum absolute atomic E-state index is 0.424. The maximum Gasteiger partial charge on any atom is 0.348 e. The highest BCUT2D eigenvalue weighted by Crippen LogP contribution is 2.33. The fraction of sp³-hybridized carbons (Fsp3) is 0.556. The molecule has 1 aliphatic carbocycles. The van der Waals surface area contributed by atoms with Crippen LogP contribution >= 0.6 is 11.3 Å². The van der Waals surface area contributed by atoms with Crippen molar-refractivity contribution in [2.24, 2.45) is 0 Å². The van der Waals surface area contributed by atoms with Gasteiger partial charge in [-0.1, -0.05) is 26.2 Å². The fourth-order valence-corrected chi connectivity index (χ4v) is 4.55. The number of rotatable bonds is 5. The van der Waals surface area contributed by atoms with Crippen molar-refractivity contribution < 1.29 is 23.9 Å². The number of urea groups is 1. The predicted octanol–water partition coefficient (Wildman–Crippen LogP) is 2.06. The van der Waals surface area contributed by atoms with Gasteiger partial charge in [0.05, 0.1) is 0 Å². The van der Waals surface area contributed by atoms with Gasteiger partial charge < -0.3 is 10.1 Å². The lowest BCUT2D eigenvalue weighted by atomic mass is 9.82. The number of nitrogens with one attached hydrogen (secondary N) is 2. The molecule has 0 radical (unpaired) electrons. The molecule has 2 aliphatic rings. The van der Waals surface area contributed by atoms with Crippen molar-refractivity contribution in [1.82, 2.24) is 15.8 Å². The van der Waals surface area contributed by atoms with Crippen LogP contribution in [0.1, 0.15) is 59.1 Å². The Hall–Kier alpha value is -2.42. The molecule has 0 aromatic carbocycles. The minimum Gasteiger partial charge on any atom is -0.451 e. The predicted molar refractivity (Wildman–Crippen MR) is 98.1 cm³/mol. The van der Waals surface area contributed by atoms with E-state index in [1.807, 2.05) is 13.8 Å². The number of hydrazine groups is 1. The van der Waals surface area contributed by atoms with E-state index in [0.29, 0.717) is 22.7 Å². The number of esters is 1. The largest absolute Gasteiger partial charge is 0.451 e. The average Bonchev–Trinajstić information content (AvgIpc) is 3.13. The van der Waals surface area contributed by atoms with Crippen molar-refractivity contribution in [3.63, 3.8) is 0 Å². The number of aryl methyl sites for hydroxylation is 2. The highest BCUT2D eigenvalue weighted by molar-refractivity contribution is 7.14. The molecule has 3 rings (SSSR count). The monoisotopic (exact) mass is 393 g/mol. The molecular formula is C18H23N3O5S. The molecule has 1 aromatic heterocycles. The zero-order chi connectivity index (χ0) is 19.6. The summed E-state index contributed by atoms with van der Waals surface area (Å²) in [6, 6.07) is 1.10. The third-order valence-electron chi connectivity index (χ3n) is 5.04. The molecule has 8 nitrogen and oxygen atoms in total. The van der Waals surface area contributed by atoms with Gasteiger partial charge in [0.2, 0.25) is 0 Å². The lowest BCUT2D eigenvalue weighted by Crippen LogP contribution is -2.51. The Balaban J connectivity index is 1.55. The van der Waals surface area contributed by atoms with Gasteiger partial charge in [-0.05, 0) is 37.8 Å². The van der Waals surface area contributed by atoms with Gasteiger partial charge in [-0.25, -0.2) is 9.59 Å². The number of carbonyl (C=O) groups is 4. The van der Waals surface area contributed by atoms with Crippen LogP contribution in [-0.4, -0.2) is 41.0 Å². The first-order valence-electron chi connectivity index (χ1n) is 9.09. The van der Waals surface area contributed by atoms with E-state index in [4.69, 9.17) is 4.74 Å². The number of hydrogen-bond acceptors (Lipinski definition) is 6. The lowest BCUT2D eigenvalue weighted by molar-refractivity contribution is -0.140. The second-order valence-corrected chi connectivity index (χ2v) is 8.13. The third kappa shape index (κ3) is 3.83. The molecule has 0 bridgehead atoms.